The van der Waals surface area contributed by atoms with Gasteiger partial charge >= 0.3 is 5.97 Å². The molecular weight excluding hydrogens is 218 g/mol. The number of phenols is 1. The first-order valence-electron chi connectivity index (χ1n) is 5.36. The number of aromatic nitrogens is 1. The molecule has 0 saturated heterocycles. The normalized spacial score (nSPS) is 10.2. The maximum Gasteiger partial charge on any atom is 0.341 e. The summed E-state index contributed by atoms with van der Waals surface area (Å²) in [4.78, 5) is 11.6. The standard InChI is InChI=1S/C13H13NO3/c1-2-17-13(16)10-6-5-7-11(12(10)15)14-8-3-4-9-14/h3-9,15H,2H2,1H3. The van der Waals surface area contributed by atoms with Crippen molar-refractivity contribution < 1.29 is 14.6 Å². The van der Waals surface area contributed by atoms with Gasteiger partial charge in [-0.3, -0.25) is 0 Å². The van der Waals surface area contributed by atoms with Crippen molar-refractivity contribution in [3.63, 3.8) is 0 Å². The minimum Gasteiger partial charge on any atom is -0.505 e. The molecule has 0 radical (unpaired) electrons. The van der Waals surface area contributed by atoms with Gasteiger partial charge in [-0.1, -0.05) is 6.07 Å². The zero-order valence-electron chi connectivity index (χ0n) is 9.46. The van der Waals surface area contributed by atoms with E-state index in [4.69, 9.17) is 4.74 Å². The number of hydrogen-bond acceptors (Lipinski definition) is 3. The van der Waals surface area contributed by atoms with E-state index < -0.39 is 5.97 Å². The van der Waals surface area contributed by atoms with Crippen LogP contribution in [0.2, 0.25) is 0 Å². The molecule has 2 aromatic rings. The van der Waals surface area contributed by atoms with Crippen LogP contribution in [0.3, 0.4) is 0 Å². The summed E-state index contributed by atoms with van der Waals surface area (Å²) in [6, 6.07) is 8.67. The largest absolute Gasteiger partial charge is 0.505 e. The second-order valence-electron chi connectivity index (χ2n) is 3.48. The SMILES string of the molecule is CCOC(=O)c1cccc(-n2cccc2)c1O. The van der Waals surface area contributed by atoms with Crippen molar-refractivity contribution in [3.8, 4) is 11.4 Å². The van der Waals surface area contributed by atoms with Crippen molar-refractivity contribution in [2.75, 3.05) is 6.61 Å². The van der Waals surface area contributed by atoms with Crippen molar-refractivity contribution in [1.82, 2.24) is 4.57 Å². The van der Waals surface area contributed by atoms with Crippen molar-refractivity contribution in [2.24, 2.45) is 0 Å². The Morgan fingerprint density at radius 3 is 2.65 bits per heavy atom. The molecule has 0 saturated carbocycles. The van der Waals surface area contributed by atoms with Gasteiger partial charge in [-0.15, -0.1) is 0 Å². The predicted molar refractivity (Wildman–Crippen MR) is 63.4 cm³/mol. The second-order valence-corrected chi connectivity index (χ2v) is 3.48. The molecule has 0 aliphatic carbocycles. The highest BCUT2D eigenvalue weighted by atomic mass is 16.5. The van der Waals surface area contributed by atoms with Crippen molar-refractivity contribution in [3.05, 3.63) is 48.3 Å². The third kappa shape index (κ3) is 2.15. The van der Waals surface area contributed by atoms with Crippen molar-refractivity contribution in [1.29, 1.82) is 0 Å². The van der Waals surface area contributed by atoms with Crippen molar-refractivity contribution >= 4 is 5.97 Å². The highest BCUT2D eigenvalue weighted by Gasteiger charge is 2.15. The molecule has 0 aliphatic rings. The van der Waals surface area contributed by atoms with Crippen LogP contribution in [0.15, 0.2) is 42.7 Å². The number of aromatic hydroxyl groups is 1. The van der Waals surface area contributed by atoms with Crippen LogP contribution in [-0.4, -0.2) is 22.2 Å². The van der Waals surface area contributed by atoms with Crippen LogP contribution in [0.25, 0.3) is 5.69 Å². The Bertz CT molecular complexity index is 517. The molecule has 0 unspecified atom stereocenters. The fourth-order valence-electron chi connectivity index (χ4n) is 1.61. The van der Waals surface area contributed by atoms with Crippen LogP contribution in [-0.2, 0) is 4.74 Å². The van der Waals surface area contributed by atoms with Gasteiger partial charge in [0, 0.05) is 12.4 Å². The third-order valence-electron chi connectivity index (χ3n) is 2.39. The number of benzene rings is 1. The molecule has 0 amide bonds. The van der Waals surface area contributed by atoms with Gasteiger partial charge < -0.3 is 14.4 Å². The zero-order chi connectivity index (χ0) is 12.3. The predicted octanol–water partition coefficient (Wildman–Crippen LogP) is 2.36. The Hall–Kier alpha value is -2.23. The van der Waals surface area contributed by atoms with Crippen LogP contribution in [0.4, 0.5) is 0 Å². The summed E-state index contributed by atoms with van der Waals surface area (Å²) in [5.74, 6) is -0.582. The molecule has 4 nitrogen and oxygen atoms in total. The molecule has 0 fully saturated rings. The molecule has 4 heteroatoms. The Morgan fingerprint density at radius 1 is 1.29 bits per heavy atom. The van der Waals surface area contributed by atoms with E-state index in [1.165, 1.54) is 0 Å². The van der Waals surface area contributed by atoms with E-state index in [2.05, 4.69) is 0 Å². The van der Waals surface area contributed by atoms with Crippen LogP contribution in [0, 0.1) is 0 Å². The van der Waals surface area contributed by atoms with Gasteiger partial charge in [0.15, 0.2) is 5.75 Å². The summed E-state index contributed by atoms with van der Waals surface area (Å²) in [5, 5.41) is 10.0. The van der Waals surface area contributed by atoms with Gasteiger partial charge in [-0.25, -0.2) is 4.79 Å². The Kier molecular flexibility index (Phi) is 3.14. The lowest BCUT2D eigenvalue weighted by Gasteiger charge is -2.09. The molecule has 0 bridgehead atoms. The summed E-state index contributed by atoms with van der Waals surface area (Å²) < 4.78 is 6.61. The van der Waals surface area contributed by atoms with Crippen LogP contribution in [0.5, 0.6) is 5.75 Å². The minimum atomic E-state index is -0.515. The second kappa shape index (κ2) is 4.74. The maximum atomic E-state index is 11.6. The molecule has 1 aromatic carbocycles. The number of hydrogen-bond donors (Lipinski definition) is 1. The van der Waals surface area contributed by atoms with Crippen LogP contribution >= 0.6 is 0 Å². The van der Waals surface area contributed by atoms with E-state index in [-0.39, 0.29) is 17.9 Å². The molecule has 0 spiro atoms. The molecular formula is C13H13NO3. The lowest BCUT2D eigenvalue weighted by Crippen LogP contribution is -2.06. The summed E-state index contributed by atoms with van der Waals surface area (Å²) in [5.41, 5.74) is 0.735. The quantitative estimate of drug-likeness (QED) is 0.825. The number of phenolic OH excluding ortho intramolecular Hbond substituents is 1. The average Bonchev–Trinajstić information content (AvgIpc) is 2.83. The van der Waals surface area contributed by atoms with Gasteiger partial charge in [0.25, 0.3) is 0 Å². The molecule has 88 valence electrons. The van der Waals surface area contributed by atoms with Gasteiger partial charge in [0.1, 0.15) is 5.56 Å². The molecule has 0 atom stereocenters. The molecule has 17 heavy (non-hydrogen) atoms. The molecule has 0 aliphatic heterocycles. The van der Waals surface area contributed by atoms with Gasteiger partial charge in [-0.2, -0.15) is 0 Å². The first-order chi connectivity index (χ1) is 8.24. The number of rotatable bonds is 3. The number of para-hydroxylation sites is 1. The third-order valence-corrected chi connectivity index (χ3v) is 2.39. The summed E-state index contributed by atoms with van der Waals surface area (Å²) in [6.45, 7) is 2.01. The smallest absolute Gasteiger partial charge is 0.341 e. The number of carbonyl (C=O) groups excluding carboxylic acids is 1. The van der Waals surface area contributed by atoms with Crippen LogP contribution < -0.4 is 0 Å². The van der Waals surface area contributed by atoms with E-state index in [1.807, 2.05) is 12.1 Å². The topological polar surface area (TPSA) is 51.5 Å². The number of ether oxygens (including phenoxy) is 1. The first-order valence-corrected chi connectivity index (χ1v) is 5.36. The Morgan fingerprint density at radius 2 is 2.00 bits per heavy atom. The maximum absolute atomic E-state index is 11.6. The lowest BCUT2D eigenvalue weighted by atomic mass is 10.1. The number of nitrogens with zero attached hydrogens (tertiary/aromatic N) is 1. The number of carbonyl (C=O) groups is 1. The van der Waals surface area contributed by atoms with Gasteiger partial charge in [0.05, 0.1) is 12.3 Å². The highest BCUT2D eigenvalue weighted by molar-refractivity contribution is 5.93. The minimum absolute atomic E-state index is 0.0675. The molecule has 1 N–H and O–H groups in total. The van der Waals surface area contributed by atoms with Gasteiger partial charge in [-0.05, 0) is 31.2 Å². The molecule has 2 rings (SSSR count). The Balaban J connectivity index is 2.44. The van der Waals surface area contributed by atoms with E-state index in [1.54, 1.807) is 42.1 Å². The first kappa shape index (κ1) is 11.3. The summed E-state index contributed by atoms with van der Waals surface area (Å²) >= 11 is 0. The van der Waals surface area contributed by atoms with Crippen molar-refractivity contribution in [2.45, 2.75) is 6.92 Å². The summed E-state index contributed by atoms with van der Waals surface area (Å²) in [7, 11) is 0. The fraction of sp³-hybridized carbons (Fsp3) is 0.154. The zero-order valence-corrected chi connectivity index (χ0v) is 9.46. The molecule has 1 aromatic heterocycles. The Labute approximate surface area is 99.1 Å². The molecule has 1 heterocycles. The average molecular weight is 231 g/mol. The monoisotopic (exact) mass is 231 g/mol. The fourth-order valence-corrected chi connectivity index (χ4v) is 1.61. The highest BCUT2D eigenvalue weighted by Crippen LogP contribution is 2.26. The van der Waals surface area contributed by atoms with Crippen LogP contribution in [0.1, 0.15) is 17.3 Å². The van der Waals surface area contributed by atoms with E-state index in [9.17, 15) is 9.90 Å². The number of esters is 1. The van der Waals surface area contributed by atoms with E-state index in [0.29, 0.717) is 5.69 Å². The van der Waals surface area contributed by atoms with E-state index in [0.717, 1.165) is 0 Å². The summed E-state index contributed by atoms with van der Waals surface area (Å²) in [6.07, 6.45) is 3.59. The van der Waals surface area contributed by atoms with E-state index >= 15 is 0 Å². The van der Waals surface area contributed by atoms with Gasteiger partial charge in [0.2, 0.25) is 0 Å². The lowest BCUT2D eigenvalue weighted by molar-refractivity contribution is 0.0523.